The average molecular weight is 235 g/mol. The van der Waals surface area contributed by atoms with E-state index in [1.54, 1.807) is 19.1 Å². The maximum atomic E-state index is 11.7. The van der Waals surface area contributed by atoms with Crippen LogP contribution in [0.2, 0.25) is 0 Å². The number of carbonyl (C=O) groups excluding carboxylic acids is 1. The van der Waals surface area contributed by atoms with Gasteiger partial charge in [-0.3, -0.25) is 4.79 Å². The molecule has 2 rings (SSSR count). The molecule has 0 bridgehead atoms. The molecule has 1 N–H and O–H groups in total. The number of aromatic carboxylic acids is 1. The van der Waals surface area contributed by atoms with Crippen LogP contribution < -0.4 is 4.90 Å². The highest BCUT2D eigenvalue weighted by molar-refractivity contribution is 6.03. The number of aryl methyl sites for hydroxylation is 1. The molecule has 1 aliphatic rings. The first-order valence-corrected chi connectivity index (χ1v) is 5.32. The normalized spacial score (nSPS) is 16.1. The number of carboxylic acids is 1. The summed E-state index contributed by atoms with van der Waals surface area (Å²) in [7, 11) is 0. The van der Waals surface area contributed by atoms with Crippen LogP contribution in [0.1, 0.15) is 15.9 Å². The van der Waals surface area contributed by atoms with Gasteiger partial charge in [-0.2, -0.15) is 0 Å². The van der Waals surface area contributed by atoms with Crippen LogP contribution in [-0.2, 0) is 9.53 Å². The summed E-state index contributed by atoms with van der Waals surface area (Å²) in [5.74, 6) is -1.23. The van der Waals surface area contributed by atoms with Crippen molar-refractivity contribution in [3.8, 4) is 0 Å². The number of carbonyl (C=O) groups is 2. The minimum atomic E-state index is -1.03. The third-order valence-electron chi connectivity index (χ3n) is 2.72. The molecule has 5 heteroatoms. The lowest BCUT2D eigenvalue weighted by Gasteiger charge is -2.29. The summed E-state index contributed by atoms with van der Waals surface area (Å²) >= 11 is 0. The van der Waals surface area contributed by atoms with Gasteiger partial charge in [0.05, 0.1) is 17.9 Å². The number of para-hydroxylation sites is 1. The van der Waals surface area contributed by atoms with Crippen molar-refractivity contribution >= 4 is 17.6 Å². The van der Waals surface area contributed by atoms with Crippen LogP contribution in [0.4, 0.5) is 5.69 Å². The third-order valence-corrected chi connectivity index (χ3v) is 2.72. The average Bonchev–Trinajstić information content (AvgIpc) is 2.30. The Morgan fingerprint density at radius 3 is 2.88 bits per heavy atom. The molecule has 0 aromatic heterocycles. The molecule has 5 nitrogen and oxygen atoms in total. The first-order chi connectivity index (χ1) is 8.11. The molecule has 0 spiro atoms. The molecule has 0 radical (unpaired) electrons. The van der Waals surface area contributed by atoms with E-state index in [4.69, 9.17) is 9.84 Å². The van der Waals surface area contributed by atoms with E-state index in [0.717, 1.165) is 5.56 Å². The van der Waals surface area contributed by atoms with Crippen molar-refractivity contribution in [2.45, 2.75) is 6.92 Å². The summed E-state index contributed by atoms with van der Waals surface area (Å²) in [6.45, 7) is 2.63. The van der Waals surface area contributed by atoms with Gasteiger partial charge in [-0.15, -0.1) is 0 Å². The van der Waals surface area contributed by atoms with Gasteiger partial charge < -0.3 is 14.7 Å². The van der Waals surface area contributed by atoms with Gasteiger partial charge in [0.2, 0.25) is 0 Å². The Morgan fingerprint density at radius 1 is 1.47 bits per heavy atom. The maximum Gasteiger partial charge on any atom is 0.337 e. The van der Waals surface area contributed by atoms with E-state index >= 15 is 0 Å². The van der Waals surface area contributed by atoms with Crippen LogP contribution >= 0.6 is 0 Å². The predicted molar refractivity (Wildman–Crippen MR) is 61.3 cm³/mol. The molecular formula is C12H13NO4. The summed E-state index contributed by atoms with van der Waals surface area (Å²) in [5.41, 5.74) is 1.41. The van der Waals surface area contributed by atoms with Gasteiger partial charge in [0, 0.05) is 6.54 Å². The maximum absolute atomic E-state index is 11.7. The molecule has 0 atom stereocenters. The number of ether oxygens (including phenoxy) is 1. The number of anilines is 1. The van der Waals surface area contributed by atoms with E-state index in [1.807, 2.05) is 0 Å². The third kappa shape index (κ3) is 2.14. The Bertz CT molecular complexity index is 470. The lowest BCUT2D eigenvalue weighted by Crippen LogP contribution is -2.42. The smallest absolute Gasteiger partial charge is 0.337 e. The topological polar surface area (TPSA) is 66.8 Å². The molecule has 1 aromatic carbocycles. The minimum Gasteiger partial charge on any atom is -0.478 e. The Morgan fingerprint density at radius 2 is 2.24 bits per heavy atom. The Hall–Kier alpha value is -1.88. The summed E-state index contributed by atoms with van der Waals surface area (Å²) in [6.07, 6.45) is 0. The molecule has 1 amide bonds. The molecule has 1 heterocycles. The van der Waals surface area contributed by atoms with Gasteiger partial charge >= 0.3 is 5.97 Å². The molecule has 0 saturated carbocycles. The Kier molecular flexibility index (Phi) is 3.10. The highest BCUT2D eigenvalue weighted by Gasteiger charge is 2.25. The molecule has 1 aromatic rings. The van der Waals surface area contributed by atoms with Crippen molar-refractivity contribution in [3.63, 3.8) is 0 Å². The standard InChI is InChI=1S/C12H13NO4/c1-8-3-2-4-9(12(15)16)11(8)13-5-6-17-7-10(13)14/h2-4H,5-7H2,1H3,(H,15,16). The SMILES string of the molecule is Cc1cccc(C(=O)O)c1N1CCOCC1=O. The van der Waals surface area contributed by atoms with E-state index in [0.29, 0.717) is 18.8 Å². The lowest BCUT2D eigenvalue weighted by molar-refractivity contribution is -0.125. The first kappa shape index (κ1) is 11.6. The zero-order chi connectivity index (χ0) is 12.4. The molecular weight excluding hydrogens is 222 g/mol. The van der Waals surface area contributed by atoms with Crippen molar-refractivity contribution in [1.29, 1.82) is 0 Å². The second kappa shape index (κ2) is 4.55. The van der Waals surface area contributed by atoms with Crippen LogP contribution in [0.15, 0.2) is 18.2 Å². The number of carboxylic acid groups (broad SMARTS) is 1. The van der Waals surface area contributed by atoms with Crippen molar-refractivity contribution in [3.05, 3.63) is 29.3 Å². The molecule has 17 heavy (non-hydrogen) atoms. The van der Waals surface area contributed by atoms with Crippen molar-refractivity contribution in [1.82, 2.24) is 0 Å². The fraction of sp³-hybridized carbons (Fsp3) is 0.333. The fourth-order valence-corrected chi connectivity index (χ4v) is 1.94. The monoisotopic (exact) mass is 235 g/mol. The summed E-state index contributed by atoms with van der Waals surface area (Å²) in [5, 5.41) is 9.14. The van der Waals surface area contributed by atoms with E-state index in [2.05, 4.69) is 0 Å². The van der Waals surface area contributed by atoms with E-state index < -0.39 is 5.97 Å². The molecule has 1 fully saturated rings. The zero-order valence-corrected chi connectivity index (χ0v) is 9.47. The van der Waals surface area contributed by atoms with Crippen LogP contribution in [0.3, 0.4) is 0 Å². The minimum absolute atomic E-state index is 0.00733. The lowest BCUT2D eigenvalue weighted by atomic mass is 10.1. The van der Waals surface area contributed by atoms with Gasteiger partial charge in [-0.05, 0) is 18.6 Å². The van der Waals surface area contributed by atoms with E-state index in [-0.39, 0.29) is 18.1 Å². The number of morpholine rings is 1. The second-order valence-electron chi connectivity index (χ2n) is 3.87. The van der Waals surface area contributed by atoms with Crippen LogP contribution in [0.5, 0.6) is 0 Å². The van der Waals surface area contributed by atoms with Gasteiger partial charge in [-0.1, -0.05) is 12.1 Å². The number of benzene rings is 1. The van der Waals surface area contributed by atoms with Crippen LogP contribution in [-0.4, -0.2) is 36.7 Å². The first-order valence-electron chi connectivity index (χ1n) is 5.32. The summed E-state index contributed by atoms with van der Waals surface area (Å²) in [6, 6.07) is 4.98. The highest BCUT2D eigenvalue weighted by Crippen LogP contribution is 2.26. The number of nitrogens with zero attached hydrogens (tertiary/aromatic N) is 1. The number of hydrogen-bond donors (Lipinski definition) is 1. The molecule has 0 unspecified atom stereocenters. The molecule has 1 saturated heterocycles. The van der Waals surface area contributed by atoms with Crippen molar-refractivity contribution in [2.75, 3.05) is 24.7 Å². The number of rotatable bonds is 2. The quantitative estimate of drug-likeness (QED) is 0.832. The largest absolute Gasteiger partial charge is 0.478 e. The summed E-state index contributed by atoms with van der Waals surface area (Å²) in [4.78, 5) is 24.4. The highest BCUT2D eigenvalue weighted by atomic mass is 16.5. The fourth-order valence-electron chi connectivity index (χ4n) is 1.94. The summed E-state index contributed by atoms with van der Waals surface area (Å²) < 4.78 is 5.04. The number of hydrogen-bond acceptors (Lipinski definition) is 3. The van der Waals surface area contributed by atoms with E-state index in [9.17, 15) is 9.59 Å². The Balaban J connectivity index is 2.49. The van der Waals surface area contributed by atoms with Gasteiger partial charge in [0.25, 0.3) is 5.91 Å². The molecule has 0 aliphatic carbocycles. The molecule has 1 aliphatic heterocycles. The van der Waals surface area contributed by atoms with Gasteiger partial charge in [0.1, 0.15) is 6.61 Å². The zero-order valence-electron chi connectivity index (χ0n) is 9.47. The molecule has 90 valence electrons. The number of amides is 1. The van der Waals surface area contributed by atoms with Gasteiger partial charge in [-0.25, -0.2) is 4.79 Å². The predicted octanol–water partition coefficient (Wildman–Crippen LogP) is 1.06. The van der Waals surface area contributed by atoms with Crippen molar-refractivity contribution in [2.24, 2.45) is 0 Å². The second-order valence-corrected chi connectivity index (χ2v) is 3.87. The van der Waals surface area contributed by atoms with Crippen molar-refractivity contribution < 1.29 is 19.4 Å². The van der Waals surface area contributed by atoms with Gasteiger partial charge in [0.15, 0.2) is 0 Å². The Labute approximate surface area is 98.6 Å². The van der Waals surface area contributed by atoms with E-state index in [1.165, 1.54) is 11.0 Å². The van der Waals surface area contributed by atoms with Crippen LogP contribution in [0, 0.1) is 6.92 Å². The van der Waals surface area contributed by atoms with Crippen LogP contribution in [0.25, 0.3) is 0 Å².